The van der Waals surface area contributed by atoms with Gasteiger partial charge in [-0.2, -0.15) is 0 Å². The van der Waals surface area contributed by atoms with Gasteiger partial charge in [0.1, 0.15) is 0 Å². The fourth-order valence-corrected chi connectivity index (χ4v) is 3.48. The normalized spacial score (nSPS) is 27.9. The van der Waals surface area contributed by atoms with Crippen molar-refractivity contribution in [2.75, 3.05) is 0 Å². The number of rotatable bonds is 2. The van der Waals surface area contributed by atoms with Gasteiger partial charge in [-0.1, -0.05) is 20.8 Å². The maximum absolute atomic E-state index is 6.37. The summed E-state index contributed by atoms with van der Waals surface area (Å²) in [4.78, 5) is 0. The first-order valence-corrected chi connectivity index (χ1v) is 7.24. The van der Waals surface area contributed by atoms with Crippen LogP contribution in [0, 0.1) is 17.8 Å². The summed E-state index contributed by atoms with van der Waals surface area (Å²) < 4.78 is 2.56. The molecule has 0 spiro atoms. The van der Waals surface area contributed by atoms with Crippen LogP contribution in [0.3, 0.4) is 0 Å². The Bertz CT molecular complexity index is 478. The van der Waals surface area contributed by atoms with Gasteiger partial charge in [0, 0.05) is 24.0 Å². The number of nitrogens with zero attached hydrogens (tertiary/aromatic N) is 1. The standard InChI is InChI=1S/C16H26N2/c1-11-7-12-13(17)8-15(2,3)9-14(12)18(11)10-16(4)5-6-16/h7,13H,5-6,8-10,17H2,1-4H3. The summed E-state index contributed by atoms with van der Waals surface area (Å²) in [5, 5.41) is 0. The Morgan fingerprint density at radius 3 is 2.61 bits per heavy atom. The van der Waals surface area contributed by atoms with Gasteiger partial charge in [0.05, 0.1) is 0 Å². The summed E-state index contributed by atoms with van der Waals surface area (Å²) in [6.07, 6.45) is 5.06. The first kappa shape index (κ1) is 12.3. The van der Waals surface area contributed by atoms with E-state index in [1.165, 1.54) is 42.8 Å². The van der Waals surface area contributed by atoms with Gasteiger partial charge in [-0.3, -0.25) is 0 Å². The van der Waals surface area contributed by atoms with Crippen molar-refractivity contribution < 1.29 is 0 Å². The van der Waals surface area contributed by atoms with E-state index in [1.807, 2.05) is 0 Å². The molecule has 3 rings (SSSR count). The van der Waals surface area contributed by atoms with Crippen molar-refractivity contribution >= 4 is 0 Å². The molecule has 2 N–H and O–H groups in total. The van der Waals surface area contributed by atoms with Crippen LogP contribution in [0.1, 0.15) is 63.0 Å². The van der Waals surface area contributed by atoms with Crippen molar-refractivity contribution in [1.29, 1.82) is 0 Å². The molecule has 1 aromatic heterocycles. The molecular weight excluding hydrogens is 220 g/mol. The molecular formula is C16H26N2. The Morgan fingerprint density at radius 1 is 1.33 bits per heavy atom. The van der Waals surface area contributed by atoms with E-state index in [-0.39, 0.29) is 6.04 Å². The molecule has 2 aliphatic rings. The van der Waals surface area contributed by atoms with Crippen LogP contribution < -0.4 is 5.73 Å². The number of nitrogens with two attached hydrogens (primary N) is 1. The minimum absolute atomic E-state index is 0.232. The van der Waals surface area contributed by atoms with Crippen LogP contribution >= 0.6 is 0 Å². The van der Waals surface area contributed by atoms with Gasteiger partial charge in [0.25, 0.3) is 0 Å². The molecule has 0 amide bonds. The quantitative estimate of drug-likeness (QED) is 0.849. The molecule has 2 heteroatoms. The first-order chi connectivity index (χ1) is 8.30. The lowest BCUT2D eigenvalue weighted by atomic mass is 9.74. The SMILES string of the molecule is Cc1cc2c(n1CC1(C)CC1)CC(C)(C)CC2N. The van der Waals surface area contributed by atoms with Crippen LogP contribution in [0.4, 0.5) is 0 Å². The van der Waals surface area contributed by atoms with E-state index in [2.05, 4.69) is 38.3 Å². The van der Waals surface area contributed by atoms with Crippen molar-refractivity contribution in [3.8, 4) is 0 Å². The Labute approximate surface area is 111 Å². The molecule has 1 unspecified atom stereocenters. The van der Waals surface area contributed by atoms with Gasteiger partial charge in [-0.25, -0.2) is 0 Å². The lowest BCUT2D eigenvalue weighted by molar-refractivity contribution is 0.271. The molecule has 1 fully saturated rings. The summed E-state index contributed by atoms with van der Waals surface area (Å²) in [6.45, 7) is 10.5. The van der Waals surface area contributed by atoms with E-state index in [4.69, 9.17) is 5.73 Å². The lowest BCUT2D eigenvalue weighted by Gasteiger charge is -2.35. The summed E-state index contributed by atoms with van der Waals surface area (Å²) in [5.41, 5.74) is 11.6. The lowest BCUT2D eigenvalue weighted by Crippen LogP contribution is -2.31. The summed E-state index contributed by atoms with van der Waals surface area (Å²) in [7, 11) is 0. The zero-order chi connectivity index (χ0) is 13.1. The van der Waals surface area contributed by atoms with Crippen molar-refractivity contribution in [3.05, 3.63) is 23.0 Å². The van der Waals surface area contributed by atoms with Crippen molar-refractivity contribution in [3.63, 3.8) is 0 Å². The Hall–Kier alpha value is -0.760. The molecule has 0 aromatic carbocycles. The maximum atomic E-state index is 6.37. The van der Waals surface area contributed by atoms with E-state index in [0.29, 0.717) is 10.8 Å². The zero-order valence-electron chi connectivity index (χ0n) is 12.2. The fourth-order valence-electron chi connectivity index (χ4n) is 3.48. The molecule has 2 aliphatic carbocycles. The summed E-state index contributed by atoms with van der Waals surface area (Å²) >= 11 is 0. The Kier molecular flexibility index (Phi) is 2.48. The molecule has 1 atom stereocenters. The van der Waals surface area contributed by atoms with Gasteiger partial charge >= 0.3 is 0 Å². The fraction of sp³-hybridized carbons (Fsp3) is 0.750. The average Bonchev–Trinajstić information content (AvgIpc) is 2.88. The largest absolute Gasteiger partial charge is 0.348 e. The second-order valence-corrected chi connectivity index (χ2v) is 7.74. The monoisotopic (exact) mass is 246 g/mol. The number of aromatic nitrogens is 1. The maximum Gasteiger partial charge on any atom is 0.0318 e. The predicted molar refractivity (Wildman–Crippen MR) is 75.5 cm³/mol. The van der Waals surface area contributed by atoms with Crippen molar-refractivity contribution in [2.24, 2.45) is 16.6 Å². The molecule has 100 valence electrons. The van der Waals surface area contributed by atoms with E-state index >= 15 is 0 Å². The van der Waals surface area contributed by atoms with Gasteiger partial charge in [0.15, 0.2) is 0 Å². The third-order valence-corrected chi connectivity index (χ3v) is 4.91. The second kappa shape index (κ2) is 3.63. The highest BCUT2D eigenvalue weighted by Gasteiger charge is 2.40. The van der Waals surface area contributed by atoms with Gasteiger partial charge in [0.2, 0.25) is 0 Å². The zero-order valence-corrected chi connectivity index (χ0v) is 12.2. The highest BCUT2D eigenvalue weighted by Crippen LogP contribution is 2.48. The predicted octanol–water partition coefficient (Wildman–Crippen LogP) is 3.57. The number of hydrogen-bond donors (Lipinski definition) is 1. The van der Waals surface area contributed by atoms with E-state index in [9.17, 15) is 0 Å². The summed E-state index contributed by atoms with van der Waals surface area (Å²) in [5.74, 6) is 0. The van der Waals surface area contributed by atoms with Crippen LogP contribution in [0.5, 0.6) is 0 Å². The number of hydrogen-bond acceptors (Lipinski definition) is 1. The highest BCUT2D eigenvalue weighted by atomic mass is 15.0. The van der Waals surface area contributed by atoms with Crippen molar-refractivity contribution in [2.45, 2.75) is 66.0 Å². The highest BCUT2D eigenvalue weighted by molar-refractivity contribution is 5.34. The van der Waals surface area contributed by atoms with Crippen molar-refractivity contribution in [1.82, 2.24) is 4.57 Å². The van der Waals surface area contributed by atoms with Crippen LogP contribution in [0.15, 0.2) is 6.07 Å². The van der Waals surface area contributed by atoms with E-state index in [1.54, 1.807) is 0 Å². The first-order valence-electron chi connectivity index (χ1n) is 7.24. The van der Waals surface area contributed by atoms with Crippen LogP contribution in [-0.2, 0) is 13.0 Å². The third-order valence-electron chi connectivity index (χ3n) is 4.91. The van der Waals surface area contributed by atoms with Crippen LogP contribution in [0.25, 0.3) is 0 Å². The average molecular weight is 246 g/mol. The molecule has 0 saturated heterocycles. The molecule has 1 heterocycles. The van der Waals surface area contributed by atoms with Crippen LogP contribution in [0.2, 0.25) is 0 Å². The topological polar surface area (TPSA) is 30.9 Å². The molecule has 0 bridgehead atoms. The molecule has 0 radical (unpaired) electrons. The molecule has 1 saturated carbocycles. The molecule has 18 heavy (non-hydrogen) atoms. The molecule has 0 aliphatic heterocycles. The van der Waals surface area contributed by atoms with Gasteiger partial charge in [-0.15, -0.1) is 0 Å². The Morgan fingerprint density at radius 2 is 2.00 bits per heavy atom. The smallest absolute Gasteiger partial charge is 0.0318 e. The molecule has 1 aromatic rings. The van der Waals surface area contributed by atoms with E-state index in [0.717, 1.165) is 6.42 Å². The van der Waals surface area contributed by atoms with Crippen LogP contribution in [-0.4, -0.2) is 4.57 Å². The minimum atomic E-state index is 0.232. The van der Waals surface area contributed by atoms with Gasteiger partial charge in [-0.05, 0) is 55.1 Å². The van der Waals surface area contributed by atoms with Gasteiger partial charge < -0.3 is 10.3 Å². The molecule has 2 nitrogen and oxygen atoms in total. The van der Waals surface area contributed by atoms with E-state index < -0.39 is 0 Å². The minimum Gasteiger partial charge on any atom is -0.348 e. The number of fused-ring (bicyclic) bond motifs is 1. The summed E-state index contributed by atoms with van der Waals surface area (Å²) in [6, 6.07) is 2.57. The second-order valence-electron chi connectivity index (χ2n) is 7.74. The number of aryl methyl sites for hydroxylation is 1. The third kappa shape index (κ3) is 2.01. The Balaban J connectivity index is 2.00.